The van der Waals surface area contributed by atoms with Gasteiger partial charge in [0, 0.05) is 26.8 Å². The molecule has 5 nitrogen and oxygen atoms in total. The van der Waals surface area contributed by atoms with Gasteiger partial charge in [0.15, 0.2) is 0 Å². The van der Waals surface area contributed by atoms with E-state index in [9.17, 15) is 8.42 Å². The van der Waals surface area contributed by atoms with Crippen LogP contribution in [0.25, 0.3) is 0 Å². The van der Waals surface area contributed by atoms with E-state index in [1.165, 1.54) is 4.31 Å². The van der Waals surface area contributed by atoms with Crippen LogP contribution in [0.3, 0.4) is 0 Å². The van der Waals surface area contributed by atoms with Gasteiger partial charge in [0.05, 0.1) is 5.75 Å². The molecule has 1 aliphatic heterocycles. The van der Waals surface area contributed by atoms with Gasteiger partial charge < -0.3 is 10.1 Å². The van der Waals surface area contributed by atoms with Crippen molar-refractivity contribution in [2.45, 2.75) is 19.3 Å². The van der Waals surface area contributed by atoms with E-state index in [2.05, 4.69) is 5.32 Å². The van der Waals surface area contributed by atoms with Crippen LogP contribution in [0.1, 0.15) is 19.3 Å². The summed E-state index contributed by atoms with van der Waals surface area (Å²) in [5.41, 5.74) is 0. The molecular weight excluding hydrogens is 240 g/mol. The Kier molecular flexibility index (Phi) is 6.40. The predicted octanol–water partition coefficient (Wildman–Crippen LogP) is 0.284. The molecule has 0 bridgehead atoms. The van der Waals surface area contributed by atoms with Crippen molar-refractivity contribution in [3.05, 3.63) is 0 Å². The minimum atomic E-state index is -3.08. The van der Waals surface area contributed by atoms with Crippen LogP contribution in [0, 0.1) is 5.92 Å². The summed E-state index contributed by atoms with van der Waals surface area (Å²) in [6, 6.07) is 0. The van der Waals surface area contributed by atoms with Crippen molar-refractivity contribution in [2.75, 3.05) is 46.2 Å². The summed E-state index contributed by atoms with van der Waals surface area (Å²) < 4.78 is 30.7. The van der Waals surface area contributed by atoms with Crippen LogP contribution in [0.4, 0.5) is 0 Å². The fourth-order valence-corrected chi connectivity index (χ4v) is 3.25. The highest BCUT2D eigenvalue weighted by molar-refractivity contribution is 7.89. The summed E-state index contributed by atoms with van der Waals surface area (Å²) in [5, 5.41) is 2.96. The van der Waals surface area contributed by atoms with Gasteiger partial charge in [0.2, 0.25) is 10.0 Å². The van der Waals surface area contributed by atoms with E-state index in [4.69, 9.17) is 4.74 Å². The van der Waals surface area contributed by atoms with E-state index in [-0.39, 0.29) is 5.75 Å². The van der Waals surface area contributed by atoms with Crippen molar-refractivity contribution in [1.29, 1.82) is 0 Å². The predicted molar refractivity (Wildman–Crippen MR) is 68.5 cm³/mol. The molecule has 0 atom stereocenters. The first-order valence-electron chi connectivity index (χ1n) is 6.22. The summed E-state index contributed by atoms with van der Waals surface area (Å²) in [7, 11) is 0.437. The van der Waals surface area contributed by atoms with Crippen LogP contribution in [0.15, 0.2) is 0 Å². The zero-order valence-electron chi connectivity index (χ0n) is 10.8. The molecule has 1 fully saturated rings. The quantitative estimate of drug-likeness (QED) is 0.671. The first-order chi connectivity index (χ1) is 8.06. The molecule has 0 aromatic carbocycles. The Morgan fingerprint density at radius 2 is 2.00 bits per heavy atom. The van der Waals surface area contributed by atoms with E-state index in [1.54, 1.807) is 7.05 Å². The molecule has 0 spiro atoms. The third-order valence-corrected chi connectivity index (χ3v) is 5.06. The number of hydrogen-bond acceptors (Lipinski definition) is 4. The molecule has 1 aliphatic rings. The maximum absolute atomic E-state index is 11.9. The summed E-state index contributed by atoms with van der Waals surface area (Å²) in [5.74, 6) is 0.681. The average molecular weight is 264 g/mol. The van der Waals surface area contributed by atoms with Crippen molar-refractivity contribution in [1.82, 2.24) is 9.62 Å². The lowest BCUT2D eigenvalue weighted by Crippen LogP contribution is -2.36. The maximum atomic E-state index is 11.9. The van der Waals surface area contributed by atoms with E-state index in [0.717, 1.165) is 32.6 Å². The lowest BCUT2D eigenvalue weighted by atomic mass is 10.0. The van der Waals surface area contributed by atoms with Gasteiger partial charge in [0.1, 0.15) is 0 Å². The number of ether oxygens (including phenoxy) is 1. The summed E-state index contributed by atoms with van der Waals surface area (Å²) in [4.78, 5) is 0. The van der Waals surface area contributed by atoms with Gasteiger partial charge in [-0.2, -0.15) is 0 Å². The fraction of sp³-hybridized carbons (Fsp3) is 1.00. The number of nitrogens with one attached hydrogen (secondary N) is 1. The molecule has 1 N–H and O–H groups in total. The van der Waals surface area contributed by atoms with E-state index >= 15 is 0 Å². The first kappa shape index (κ1) is 14.9. The topological polar surface area (TPSA) is 58.6 Å². The minimum Gasteiger partial charge on any atom is -0.381 e. The highest BCUT2D eigenvalue weighted by Crippen LogP contribution is 2.17. The smallest absolute Gasteiger partial charge is 0.213 e. The molecule has 0 amide bonds. The number of sulfonamides is 1. The molecule has 1 saturated heterocycles. The second kappa shape index (κ2) is 7.31. The molecule has 102 valence electrons. The molecule has 1 rings (SSSR count). The Balaban J connectivity index is 2.36. The second-order valence-corrected chi connectivity index (χ2v) is 6.80. The normalized spacial score (nSPS) is 18.8. The molecular formula is C11H24N2O3S. The van der Waals surface area contributed by atoms with Crippen LogP contribution in [-0.2, 0) is 14.8 Å². The zero-order valence-corrected chi connectivity index (χ0v) is 11.6. The summed E-state index contributed by atoms with van der Waals surface area (Å²) in [6.45, 7) is 2.90. The molecule has 0 aromatic rings. The first-order valence-corrected chi connectivity index (χ1v) is 7.83. The van der Waals surface area contributed by atoms with E-state index in [0.29, 0.717) is 18.9 Å². The van der Waals surface area contributed by atoms with Gasteiger partial charge in [-0.3, -0.25) is 0 Å². The third kappa shape index (κ3) is 5.33. The van der Waals surface area contributed by atoms with Gasteiger partial charge in [0.25, 0.3) is 0 Å². The van der Waals surface area contributed by atoms with Crippen molar-refractivity contribution in [3.63, 3.8) is 0 Å². The van der Waals surface area contributed by atoms with Crippen LogP contribution < -0.4 is 5.32 Å². The van der Waals surface area contributed by atoms with Crippen molar-refractivity contribution in [2.24, 2.45) is 5.92 Å². The molecule has 17 heavy (non-hydrogen) atoms. The molecule has 0 unspecified atom stereocenters. The van der Waals surface area contributed by atoms with Crippen LogP contribution >= 0.6 is 0 Å². The maximum Gasteiger partial charge on any atom is 0.213 e. The van der Waals surface area contributed by atoms with Gasteiger partial charge in [-0.1, -0.05) is 0 Å². The average Bonchev–Trinajstić information content (AvgIpc) is 2.30. The Labute approximate surface area is 105 Å². The zero-order chi connectivity index (χ0) is 12.7. The summed E-state index contributed by atoms with van der Waals surface area (Å²) >= 11 is 0. The Bertz CT molecular complexity index is 300. The Hall–Kier alpha value is -0.170. The van der Waals surface area contributed by atoms with Gasteiger partial charge >= 0.3 is 0 Å². The molecule has 1 heterocycles. The highest BCUT2D eigenvalue weighted by Gasteiger charge is 2.22. The number of nitrogens with zero attached hydrogens (tertiary/aromatic N) is 1. The second-order valence-electron chi connectivity index (χ2n) is 4.61. The van der Waals surface area contributed by atoms with Gasteiger partial charge in [-0.15, -0.1) is 0 Å². The monoisotopic (exact) mass is 264 g/mol. The van der Waals surface area contributed by atoms with Crippen molar-refractivity contribution < 1.29 is 13.2 Å². The fourth-order valence-electron chi connectivity index (χ4n) is 1.99. The largest absolute Gasteiger partial charge is 0.381 e. The SMILES string of the molecule is CNCCCS(=O)(=O)N(C)CC1CCOCC1. The highest BCUT2D eigenvalue weighted by atomic mass is 32.2. The van der Waals surface area contributed by atoms with Crippen molar-refractivity contribution in [3.8, 4) is 0 Å². The van der Waals surface area contributed by atoms with Crippen LogP contribution in [0.2, 0.25) is 0 Å². The summed E-state index contributed by atoms with van der Waals surface area (Å²) in [6.07, 6.45) is 2.60. The molecule has 0 aromatic heterocycles. The molecule has 0 aliphatic carbocycles. The standard InChI is InChI=1S/C11H24N2O3S/c1-12-6-3-9-17(14,15)13(2)10-11-4-7-16-8-5-11/h11-12H,3-10H2,1-2H3. The number of hydrogen-bond donors (Lipinski definition) is 1. The Morgan fingerprint density at radius 1 is 1.35 bits per heavy atom. The molecule has 0 radical (unpaired) electrons. The van der Waals surface area contributed by atoms with Gasteiger partial charge in [-0.25, -0.2) is 12.7 Å². The lowest BCUT2D eigenvalue weighted by Gasteiger charge is -2.26. The van der Waals surface area contributed by atoms with Gasteiger partial charge in [-0.05, 0) is 38.8 Å². The third-order valence-electron chi connectivity index (χ3n) is 3.16. The van der Waals surface area contributed by atoms with Crippen LogP contribution in [0.5, 0.6) is 0 Å². The Morgan fingerprint density at radius 3 is 2.59 bits per heavy atom. The van der Waals surface area contributed by atoms with Crippen LogP contribution in [-0.4, -0.2) is 58.9 Å². The molecule has 0 saturated carbocycles. The van der Waals surface area contributed by atoms with E-state index < -0.39 is 10.0 Å². The molecule has 6 heteroatoms. The minimum absolute atomic E-state index is 0.230. The van der Waals surface area contributed by atoms with E-state index in [1.807, 2.05) is 7.05 Å². The number of rotatable bonds is 7. The lowest BCUT2D eigenvalue weighted by molar-refractivity contribution is 0.0620. The van der Waals surface area contributed by atoms with Crippen molar-refractivity contribution >= 4 is 10.0 Å².